The van der Waals surface area contributed by atoms with Crippen LogP contribution in [0.4, 0.5) is 0 Å². The van der Waals surface area contributed by atoms with Crippen LogP contribution < -0.4 is 0 Å². The molecule has 1 aromatic rings. The van der Waals surface area contributed by atoms with Gasteiger partial charge < -0.3 is 4.74 Å². The lowest BCUT2D eigenvalue weighted by atomic mass is 9.92. The molecule has 0 heterocycles. The topological polar surface area (TPSA) is 26.3 Å². The maximum atomic E-state index is 11.8. The van der Waals surface area contributed by atoms with Crippen molar-refractivity contribution in [3.05, 3.63) is 45.6 Å². The SMILES string of the molecule is C=C(C)C(=O)OC1(c2ccc(I)cc2)CCCC1. The van der Waals surface area contributed by atoms with Crippen LogP contribution in [-0.2, 0) is 15.1 Å². The molecule has 0 radical (unpaired) electrons. The van der Waals surface area contributed by atoms with E-state index in [0.29, 0.717) is 5.57 Å². The van der Waals surface area contributed by atoms with Crippen LogP contribution in [0.1, 0.15) is 38.2 Å². The quantitative estimate of drug-likeness (QED) is 0.461. The van der Waals surface area contributed by atoms with Crippen LogP contribution in [0, 0.1) is 3.57 Å². The molecular weight excluding hydrogens is 339 g/mol. The van der Waals surface area contributed by atoms with E-state index in [2.05, 4.69) is 53.4 Å². The van der Waals surface area contributed by atoms with Gasteiger partial charge in [0.1, 0.15) is 5.60 Å². The Balaban J connectivity index is 2.29. The zero-order chi connectivity index (χ0) is 13.2. The minimum atomic E-state index is -0.430. The second-order valence-electron chi connectivity index (χ2n) is 4.88. The first kappa shape index (κ1) is 13.6. The number of hydrogen-bond donors (Lipinski definition) is 0. The molecule has 96 valence electrons. The molecule has 2 nitrogen and oxygen atoms in total. The lowest BCUT2D eigenvalue weighted by molar-refractivity contribution is -0.155. The summed E-state index contributed by atoms with van der Waals surface area (Å²) in [5.41, 5.74) is 1.14. The van der Waals surface area contributed by atoms with Gasteiger partial charge in [0.2, 0.25) is 0 Å². The summed E-state index contributed by atoms with van der Waals surface area (Å²) in [4.78, 5) is 11.8. The number of carbonyl (C=O) groups is 1. The van der Waals surface area contributed by atoms with Crippen molar-refractivity contribution in [2.75, 3.05) is 0 Å². The van der Waals surface area contributed by atoms with Crippen molar-refractivity contribution in [1.82, 2.24) is 0 Å². The summed E-state index contributed by atoms with van der Waals surface area (Å²) in [6.07, 6.45) is 4.03. The van der Waals surface area contributed by atoms with Crippen molar-refractivity contribution in [2.45, 2.75) is 38.2 Å². The monoisotopic (exact) mass is 356 g/mol. The Morgan fingerprint density at radius 2 is 1.83 bits per heavy atom. The number of carbonyl (C=O) groups excluding carboxylic acids is 1. The van der Waals surface area contributed by atoms with Gasteiger partial charge in [-0.25, -0.2) is 4.79 Å². The number of halogens is 1. The van der Waals surface area contributed by atoms with Gasteiger partial charge in [-0.05, 0) is 72.9 Å². The highest BCUT2D eigenvalue weighted by atomic mass is 127. The average molecular weight is 356 g/mol. The van der Waals surface area contributed by atoms with Crippen molar-refractivity contribution in [3.8, 4) is 0 Å². The van der Waals surface area contributed by atoms with Gasteiger partial charge in [0, 0.05) is 9.14 Å². The molecule has 2 rings (SSSR count). The highest BCUT2D eigenvalue weighted by Gasteiger charge is 2.39. The molecule has 1 aliphatic rings. The highest BCUT2D eigenvalue weighted by Crippen LogP contribution is 2.42. The molecule has 0 atom stereocenters. The predicted octanol–water partition coefficient (Wildman–Crippen LogP) is 4.18. The molecule has 1 aromatic carbocycles. The fourth-order valence-corrected chi connectivity index (χ4v) is 2.77. The van der Waals surface area contributed by atoms with Crippen molar-refractivity contribution in [1.29, 1.82) is 0 Å². The van der Waals surface area contributed by atoms with E-state index in [0.717, 1.165) is 31.2 Å². The molecule has 0 N–H and O–H groups in total. The number of esters is 1. The Labute approximate surface area is 122 Å². The number of ether oxygens (including phenoxy) is 1. The first-order chi connectivity index (χ1) is 8.53. The molecule has 1 saturated carbocycles. The smallest absolute Gasteiger partial charge is 0.333 e. The fourth-order valence-electron chi connectivity index (χ4n) is 2.41. The molecule has 0 saturated heterocycles. The van der Waals surface area contributed by atoms with Crippen LogP contribution in [0.2, 0.25) is 0 Å². The standard InChI is InChI=1S/C15H17IO2/c1-11(2)14(17)18-15(9-3-4-10-15)12-5-7-13(16)8-6-12/h5-8H,1,3-4,9-10H2,2H3. The second kappa shape index (κ2) is 5.43. The molecule has 0 aromatic heterocycles. The van der Waals surface area contributed by atoms with E-state index >= 15 is 0 Å². The van der Waals surface area contributed by atoms with Gasteiger partial charge in [0.15, 0.2) is 0 Å². The van der Waals surface area contributed by atoms with Gasteiger partial charge in [-0.3, -0.25) is 0 Å². The van der Waals surface area contributed by atoms with Gasteiger partial charge in [-0.15, -0.1) is 0 Å². The third-order valence-electron chi connectivity index (χ3n) is 3.42. The van der Waals surface area contributed by atoms with E-state index in [1.54, 1.807) is 6.92 Å². The van der Waals surface area contributed by atoms with Gasteiger partial charge in [0.05, 0.1) is 0 Å². The van der Waals surface area contributed by atoms with Crippen LogP contribution in [0.15, 0.2) is 36.4 Å². The van der Waals surface area contributed by atoms with Gasteiger partial charge >= 0.3 is 5.97 Å². The second-order valence-corrected chi connectivity index (χ2v) is 6.12. The zero-order valence-corrected chi connectivity index (χ0v) is 12.7. The molecule has 0 aliphatic heterocycles. The van der Waals surface area contributed by atoms with E-state index in [4.69, 9.17) is 4.74 Å². The van der Waals surface area contributed by atoms with E-state index in [1.807, 2.05) is 0 Å². The maximum Gasteiger partial charge on any atom is 0.333 e. The zero-order valence-electron chi connectivity index (χ0n) is 10.5. The van der Waals surface area contributed by atoms with Crippen LogP contribution >= 0.6 is 22.6 Å². The van der Waals surface area contributed by atoms with Crippen LogP contribution in [0.3, 0.4) is 0 Å². The molecule has 1 aliphatic carbocycles. The molecule has 0 amide bonds. The Hall–Kier alpha value is -0.840. The molecular formula is C15H17IO2. The van der Waals surface area contributed by atoms with Crippen LogP contribution in [0.25, 0.3) is 0 Å². The summed E-state index contributed by atoms with van der Waals surface area (Å²) >= 11 is 2.28. The van der Waals surface area contributed by atoms with Crippen molar-refractivity contribution >= 4 is 28.6 Å². The van der Waals surface area contributed by atoms with E-state index in [-0.39, 0.29) is 5.97 Å². The van der Waals surface area contributed by atoms with Gasteiger partial charge in [-0.2, -0.15) is 0 Å². The van der Waals surface area contributed by atoms with E-state index in [1.165, 1.54) is 3.57 Å². The lowest BCUT2D eigenvalue weighted by Gasteiger charge is -2.29. The number of benzene rings is 1. The molecule has 0 unspecified atom stereocenters. The lowest BCUT2D eigenvalue weighted by Crippen LogP contribution is -2.29. The summed E-state index contributed by atoms with van der Waals surface area (Å²) < 4.78 is 6.94. The third-order valence-corrected chi connectivity index (χ3v) is 4.14. The van der Waals surface area contributed by atoms with Crippen molar-refractivity contribution < 1.29 is 9.53 Å². The van der Waals surface area contributed by atoms with Crippen molar-refractivity contribution in [2.24, 2.45) is 0 Å². The van der Waals surface area contributed by atoms with Crippen molar-refractivity contribution in [3.63, 3.8) is 0 Å². The summed E-state index contributed by atoms with van der Waals surface area (Å²) in [7, 11) is 0. The van der Waals surface area contributed by atoms with Crippen LogP contribution in [0.5, 0.6) is 0 Å². The molecule has 0 spiro atoms. The first-order valence-electron chi connectivity index (χ1n) is 6.18. The number of hydrogen-bond acceptors (Lipinski definition) is 2. The minimum Gasteiger partial charge on any atom is -0.451 e. The Morgan fingerprint density at radius 3 is 2.33 bits per heavy atom. The Morgan fingerprint density at radius 1 is 1.28 bits per heavy atom. The largest absolute Gasteiger partial charge is 0.451 e. The average Bonchev–Trinajstić information content (AvgIpc) is 2.79. The summed E-state index contributed by atoms with van der Waals surface area (Å²) in [6.45, 7) is 5.35. The Bertz CT molecular complexity index is 456. The fraction of sp³-hybridized carbons (Fsp3) is 0.400. The first-order valence-corrected chi connectivity index (χ1v) is 7.26. The third kappa shape index (κ3) is 2.76. The predicted molar refractivity (Wildman–Crippen MR) is 80.2 cm³/mol. The summed E-state index contributed by atoms with van der Waals surface area (Å²) in [6, 6.07) is 8.26. The molecule has 18 heavy (non-hydrogen) atoms. The Kier molecular flexibility index (Phi) is 4.10. The molecule has 1 fully saturated rings. The van der Waals surface area contributed by atoms with Crippen LogP contribution in [-0.4, -0.2) is 5.97 Å². The molecule has 3 heteroatoms. The summed E-state index contributed by atoms with van der Waals surface area (Å²) in [5, 5.41) is 0. The summed E-state index contributed by atoms with van der Waals surface area (Å²) in [5.74, 6) is -0.282. The van der Waals surface area contributed by atoms with E-state index < -0.39 is 5.60 Å². The molecule has 0 bridgehead atoms. The highest BCUT2D eigenvalue weighted by molar-refractivity contribution is 14.1. The number of rotatable bonds is 3. The van der Waals surface area contributed by atoms with Gasteiger partial charge in [0.25, 0.3) is 0 Å². The normalized spacial score (nSPS) is 17.4. The minimum absolute atomic E-state index is 0.282. The maximum absolute atomic E-state index is 11.8. The van der Waals surface area contributed by atoms with Gasteiger partial charge in [-0.1, -0.05) is 18.7 Å². The van der Waals surface area contributed by atoms with E-state index in [9.17, 15) is 4.79 Å².